The summed E-state index contributed by atoms with van der Waals surface area (Å²) in [4.78, 5) is 12.9. The van der Waals surface area contributed by atoms with Gasteiger partial charge in [0.25, 0.3) is 0 Å². The molecule has 154 valence electrons. The summed E-state index contributed by atoms with van der Waals surface area (Å²) < 4.78 is 13.4. The van der Waals surface area contributed by atoms with Crippen LogP contribution in [0.4, 0.5) is 0 Å². The first-order valence-electron chi connectivity index (χ1n) is 10.2. The van der Waals surface area contributed by atoms with Crippen molar-refractivity contribution in [1.82, 2.24) is 9.88 Å². The van der Waals surface area contributed by atoms with E-state index < -0.39 is 0 Å². The Morgan fingerprint density at radius 1 is 1.17 bits per heavy atom. The van der Waals surface area contributed by atoms with Crippen molar-refractivity contribution in [3.8, 4) is 17.6 Å². The fraction of sp³-hybridized carbons (Fsp3) is 0.333. The largest absolute Gasteiger partial charge is 0.490 e. The van der Waals surface area contributed by atoms with Gasteiger partial charge < -0.3 is 19.4 Å². The van der Waals surface area contributed by atoms with Crippen LogP contribution < -0.4 is 14.8 Å². The van der Waals surface area contributed by atoms with Gasteiger partial charge in [0.1, 0.15) is 12.6 Å². The average Bonchev–Trinajstić information content (AvgIpc) is 2.92. The minimum Gasteiger partial charge on any atom is -0.490 e. The molecule has 4 rings (SSSR count). The van der Waals surface area contributed by atoms with E-state index in [1.165, 1.54) is 0 Å². The lowest BCUT2D eigenvalue weighted by Crippen LogP contribution is -2.34. The third-order valence-corrected chi connectivity index (χ3v) is 5.34. The van der Waals surface area contributed by atoms with Crippen LogP contribution in [0.2, 0.25) is 0 Å². The van der Waals surface area contributed by atoms with Gasteiger partial charge in [0.2, 0.25) is 5.91 Å². The van der Waals surface area contributed by atoms with E-state index in [1.54, 1.807) is 6.20 Å². The Bertz CT molecular complexity index is 1110. The van der Waals surface area contributed by atoms with Crippen molar-refractivity contribution in [1.29, 1.82) is 5.26 Å². The van der Waals surface area contributed by atoms with Gasteiger partial charge in [0.05, 0.1) is 24.8 Å². The predicted molar refractivity (Wildman–Crippen MR) is 114 cm³/mol. The second-order valence-corrected chi connectivity index (χ2v) is 7.85. The molecule has 1 aromatic heterocycles. The topological polar surface area (TPSA) is 76.3 Å². The van der Waals surface area contributed by atoms with Gasteiger partial charge in [-0.15, -0.1) is 0 Å². The summed E-state index contributed by atoms with van der Waals surface area (Å²) in [6.45, 7) is 5.57. The van der Waals surface area contributed by atoms with Crippen molar-refractivity contribution in [3.05, 3.63) is 59.8 Å². The number of benzene rings is 2. The number of nitrogens with one attached hydrogen (secondary N) is 1. The maximum absolute atomic E-state index is 12.9. The highest BCUT2D eigenvalue weighted by molar-refractivity contribution is 5.88. The quantitative estimate of drug-likeness (QED) is 0.693. The standard InChI is InChI=1S/C24H25N3O3/c1-16(2)24(17-8-9-21-22(12-17)30-11-5-10-29-21)26-23(28)15-27-14-18(13-25)19-6-3-4-7-20(19)27/h3-4,6-9,12,14,16,24H,5,10-11,15H2,1-2H3,(H,26,28)/t24-/m0/s1. The SMILES string of the molecule is CC(C)[C@H](NC(=O)Cn1cc(C#N)c2ccccc21)c1ccc2c(c1)OCCCO2. The van der Waals surface area contributed by atoms with Gasteiger partial charge >= 0.3 is 0 Å². The van der Waals surface area contributed by atoms with E-state index >= 15 is 0 Å². The second-order valence-electron chi connectivity index (χ2n) is 7.85. The number of para-hydroxylation sites is 1. The van der Waals surface area contributed by atoms with Crippen molar-refractivity contribution < 1.29 is 14.3 Å². The van der Waals surface area contributed by atoms with Crippen LogP contribution >= 0.6 is 0 Å². The summed E-state index contributed by atoms with van der Waals surface area (Å²) in [6.07, 6.45) is 2.59. The molecule has 0 saturated heterocycles. The molecular weight excluding hydrogens is 378 g/mol. The van der Waals surface area contributed by atoms with Gasteiger partial charge in [-0.3, -0.25) is 4.79 Å². The fourth-order valence-corrected chi connectivity index (χ4v) is 3.85. The van der Waals surface area contributed by atoms with E-state index in [-0.39, 0.29) is 24.4 Å². The number of hydrogen-bond donors (Lipinski definition) is 1. The van der Waals surface area contributed by atoms with Gasteiger partial charge in [-0.05, 0) is 29.7 Å². The Kier molecular flexibility index (Phi) is 5.62. The molecule has 3 aromatic rings. The Morgan fingerprint density at radius 2 is 1.93 bits per heavy atom. The number of ether oxygens (including phenoxy) is 2. The number of amides is 1. The first-order chi connectivity index (χ1) is 14.6. The first kappa shape index (κ1) is 19.8. The molecule has 6 nitrogen and oxygen atoms in total. The van der Waals surface area contributed by atoms with Crippen LogP contribution in [-0.2, 0) is 11.3 Å². The number of aromatic nitrogens is 1. The number of carbonyl (C=O) groups is 1. The molecule has 0 aliphatic carbocycles. The highest BCUT2D eigenvalue weighted by atomic mass is 16.5. The van der Waals surface area contributed by atoms with Crippen LogP contribution in [0.15, 0.2) is 48.7 Å². The monoisotopic (exact) mass is 403 g/mol. The van der Waals surface area contributed by atoms with Crippen molar-refractivity contribution in [2.45, 2.75) is 32.9 Å². The molecule has 2 aromatic carbocycles. The van der Waals surface area contributed by atoms with Crippen molar-refractivity contribution >= 4 is 16.8 Å². The van der Waals surface area contributed by atoms with E-state index in [1.807, 2.05) is 47.0 Å². The summed E-state index contributed by atoms with van der Waals surface area (Å²) in [5.74, 6) is 1.55. The van der Waals surface area contributed by atoms with Crippen molar-refractivity contribution in [2.75, 3.05) is 13.2 Å². The van der Waals surface area contributed by atoms with Gasteiger partial charge in [0, 0.05) is 23.5 Å². The molecule has 1 aliphatic heterocycles. The second kappa shape index (κ2) is 8.50. The van der Waals surface area contributed by atoms with E-state index in [4.69, 9.17) is 9.47 Å². The van der Waals surface area contributed by atoms with Crippen molar-refractivity contribution in [3.63, 3.8) is 0 Å². The molecule has 6 heteroatoms. The van der Waals surface area contributed by atoms with Crippen molar-refractivity contribution in [2.24, 2.45) is 5.92 Å². The maximum Gasteiger partial charge on any atom is 0.240 e. The van der Waals surface area contributed by atoms with Gasteiger partial charge in [-0.2, -0.15) is 5.26 Å². The lowest BCUT2D eigenvalue weighted by Gasteiger charge is -2.24. The van der Waals surface area contributed by atoms with E-state index in [0.29, 0.717) is 18.8 Å². The zero-order valence-electron chi connectivity index (χ0n) is 17.2. The minimum atomic E-state index is -0.160. The molecule has 1 amide bonds. The Morgan fingerprint density at radius 3 is 2.70 bits per heavy atom. The third kappa shape index (κ3) is 3.97. The van der Waals surface area contributed by atoms with Crippen LogP contribution in [0.5, 0.6) is 11.5 Å². The molecule has 30 heavy (non-hydrogen) atoms. The lowest BCUT2D eigenvalue weighted by atomic mass is 9.95. The highest BCUT2D eigenvalue weighted by Crippen LogP contribution is 2.34. The molecule has 0 saturated carbocycles. The summed E-state index contributed by atoms with van der Waals surface area (Å²) in [7, 11) is 0. The van der Waals surface area contributed by atoms with Gasteiger partial charge in [0.15, 0.2) is 11.5 Å². The molecule has 0 fully saturated rings. The third-order valence-electron chi connectivity index (χ3n) is 5.34. The molecular formula is C24H25N3O3. The summed E-state index contributed by atoms with van der Waals surface area (Å²) in [5.41, 5.74) is 2.43. The van der Waals surface area contributed by atoms with Gasteiger partial charge in [-0.1, -0.05) is 38.1 Å². The summed E-state index contributed by atoms with van der Waals surface area (Å²) in [6, 6.07) is 15.5. The number of rotatable bonds is 5. The lowest BCUT2D eigenvalue weighted by molar-refractivity contribution is -0.122. The van der Waals surface area contributed by atoms with Crippen LogP contribution in [0.1, 0.15) is 37.4 Å². The number of nitrogens with zero attached hydrogens (tertiary/aromatic N) is 2. The normalized spacial score (nSPS) is 14.2. The van der Waals surface area contributed by atoms with Crippen LogP contribution in [0.3, 0.4) is 0 Å². The Labute approximate surface area is 176 Å². The van der Waals surface area contributed by atoms with E-state index in [0.717, 1.165) is 34.4 Å². The highest BCUT2D eigenvalue weighted by Gasteiger charge is 2.22. The number of carbonyl (C=O) groups excluding carboxylic acids is 1. The predicted octanol–water partition coefficient (Wildman–Crippen LogP) is 4.19. The molecule has 1 N–H and O–H groups in total. The molecule has 0 spiro atoms. The van der Waals surface area contributed by atoms with Crippen LogP contribution in [-0.4, -0.2) is 23.7 Å². The number of fused-ring (bicyclic) bond motifs is 2. The minimum absolute atomic E-state index is 0.106. The first-order valence-corrected chi connectivity index (χ1v) is 10.2. The smallest absolute Gasteiger partial charge is 0.240 e. The molecule has 0 bridgehead atoms. The van der Waals surface area contributed by atoms with E-state index in [2.05, 4.69) is 25.2 Å². The Balaban J connectivity index is 1.55. The van der Waals surface area contributed by atoms with E-state index in [9.17, 15) is 10.1 Å². The molecule has 1 atom stereocenters. The Hall–Kier alpha value is -3.46. The average molecular weight is 403 g/mol. The fourth-order valence-electron chi connectivity index (χ4n) is 3.85. The number of hydrogen-bond acceptors (Lipinski definition) is 4. The number of nitriles is 1. The molecule has 0 unspecified atom stereocenters. The zero-order valence-corrected chi connectivity index (χ0v) is 17.2. The zero-order chi connectivity index (χ0) is 21.1. The van der Waals surface area contributed by atoms with Gasteiger partial charge in [-0.25, -0.2) is 0 Å². The van der Waals surface area contributed by atoms with Crippen LogP contribution in [0.25, 0.3) is 10.9 Å². The summed E-state index contributed by atoms with van der Waals surface area (Å²) in [5, 5.41) is 13.4. The molecule has 1 aliphatic rings. The molecule has 0 radical (unpaired) electrons. The summed E-state index contributed by atoms with van der Waals surface area (Å²) >= 11 is 0. The molecule has 2 heterocycles. The maximum atomic E-state index is 12.9. The van der Waals surface area contributed by atoms with Crippen LogP contribution in [0, 0.1) is 17.2 Å².